The highest BCUT2D eigenvalue weighted by Gasteiger charge is 2.18. The Hall–Kier alpha value is -2.59. The Bertz CT molecular complexity index is 581. The number of nitriles is 1. The first-order chi connectivity index (χ1) is 10.6. The van der Waals surface area contributed by atoms with E-state index < -0.39 is 0 Å². The summed E-state index contributed by atoms with van der Waals surface area (Å²) in [6.07, 6.45) is 2.43. The second-order valence-electron chi connectivity index (χ2n) is 5.07. The molecule has 1 aliphatic rings. The van der Waals surface area contributed by atoms with E-state index in [2.05, 4.69) is 15.4 Å². The molecule has 7 heteroatoms. The number of benzene rings is 1. The van der Waals surface area contributed by atoms with Gasteiger partial charge in [-0.2, -0.15) is 10.4 Å². The molecule has 0 radical (unpaired) electrons. The van der Waals surface area contributed by atoms with E-state index >= 15 is 0 Å². The van der Waals surface area contributed by atoms with E-state index in [1.807, 2.05) is 24.3 Å². The summed E-state index contributed by atoms with van der Waals surface area (Å²) in [6, 6.07) is 9.54. The van der Waals surface area contributed by atoms with Crippen LogP contribution in [0.2, 0.25) is 0 Å². The molecule has 116 valence electrons. The van der Waals surface area contributed by atoms with Crippen LogP contribution in [0.5, 0.6) is 0 Å². The summed E-state index contributed by atoms with van der Waals surface area (Å²) in [7, 11) is 1.76. The second kappa shape index (κ2) is 7.43. The number of hydrazone groups is 1. The molecule has 1 fully saturated rings. The minimum Gasteiger partial charge on any atom is -0.382 e. The van der Waals surface area contributed by atoms with Crippen molar-refractivity contribution in [2.75, 3.05) is 30.5 Å². The number of hydrogen-bond donors (Lipinski definition) is 3. The molecule has 22 heavy (non-hydrogen) atoms. The molecule has 1 aliphatic heterocycles. The van der Waals surface area contributed by atoms with Crippen LogP contribution in [0, 0.1) is 16.7 Å². The smallest absolute Gasteiger partial charge is 0.201 e. The number of amidine groups is 1. The zero-order valence-electron chi connectivity index (χ0n) is 12.5. The maximum atomic E-state index is 8.77. The lowest BCUT2D eigenvalue weighted by molar-refractivity contribution is 0.0819. The van der Waals surface area contributed by atoms with Crippen molar-refractivity contribution in [3.8, 4) is 6.07 Å². The van der Waals surface area contributed by atoms with E-state index in [9.17, 15) is 0 Å². The van der Waals surface area contributed by atoms with Crippen molar-refractivity contribution in [1.29, 1.82) is 10.7 Å². The van der Waals surface area contributed by atoms with Gasteiger partial charge in [0.05, 0.1) is 11.8 Å². The number of ether oxygens (including phenoxy) is 1. The number of nitrogens with two attached hydrogens (primary N) is 1. The lowest BCUT2D eigenvalue weighted by Gasteiger charge is -2.33. The van der Waals surface area contributed by atoms with E-state index in [-0.39, 0.29) is 11.5 Å². The van der Waals surface area contributed by atoms with E-state index in [1.54, 1.807) is 13.2 Å². The van der Waals surface area contributed by atoms with Gasteiger partial charge in [-0.1, -0.05) is 0 Å². The molecule has 0 aliphatic carbocycles. The number of anilines is 2. The highest BCUT2D eigenvalue weighted by atomic mass is 16.5. The van der Waals surface area contributed by atoms with Gasteiger partial charge >= 0.3 is 0 Å². The number of rotatable bonds is 5. The molecule has 0 spiro atoms. The van der Waals surface area contributed by atoms with Crippen LogP contribution in [0.1, 0.15) is 12.8 Å². The fourth-order valence-corrected chi connectivity index (χ4v) is 2.36. The fraction of sp³-hybridized carbons (Fsp3) is 0.400. The van der Waals surface area contributed by atoms with Gasteiger partial charge in [0.1, 0.15) is 6.07 Å². The zero-order chi connectivity index (χ0) is 15.9. The van der Waals surface area contributed by atoms with Crippen molar-refractivity contribution in [2.24, 2.45) is 10.8 Å². The van der Waals surface area contributed by atoms with Crippen LogP contribution in [0.25, 0.3) is 0 Å². The number of methoxy groups -OCH3 is 1. The summed E-state index contributed by atoms with van der Waals surface area (Å²) >= 11 is 0. The Kier molecular flexibility index (Phi) is 5.33. The maximum absolute atomic E-state index is 8.77. The molecule has 1 heterocycles. The van der Waals surface area contributed by atoms with Gasteiger partial charge in [0.15, 0.2) is 5.84 Å². The van der Waals surface area contributed by atoms with E-state index in [0.29, 0.717) is 6.10 Å². The average molecular weight is 300 g/mol. The molecule has 2 rings (SSSR count). The summed E-state index contributed by atoms with van der Waals surface area (Å²) in [6.45, 7) is 1.96. The molecule has 0 saturated carbocycles. The first kappa shape index (κ1) is 15.8. The van der Waals surface area contributed by atoms with Crippen LogP contribution in [0.3, 0.4) is 0 Å². The molecular formula is C15H20N6O. The monoisotopic (exact) mass is 300 g/mol. The molecular weight excluding hydrogens is 280 g/mol. The molecule has 0 aromatic heterocycles. The van der Waals surface area contributed by atoms with Crippen molar-refractivity contribution < 1.29 is 4.74 Å². The van der Waals surface area contributed by atoms with Crippen molar-refractivity contribution in [3.63, 3.8) is 0 Å². The third kappa shape index (κ3) is 3.96. The highest BCUT2D eigenvalue weighted by molar-refractivity contribution is 6.45. The minimum absolute atomic E-state index is 0.134. The third-order valence-corrected chi connectivity index (χ3v) is 3.67. The molecule has 0 bridgehead atoms. The molecule has 1 aromatic carbocycles. The summed E-state index contributed by atoms with van der Waals surface area (Å²) in [5, 5.41) is 19.8. The fourth-order valence-electron chi connectivity index (χ4n) is 2.36. The van der Waals surface area contributed by atoms with Gasteiger partial charge < -0.3 is 15.4 Å². The van der Waals surface area contributed by atoms with E-state index in [0.717, 1.165) is 37.3 Å². The van der Waals surface area contributed by atoms with Gasteiger partial charge in [0, 0.05) is 25.9 Å². The van der Waals surface area contributed by atoms with Crippen LogP contribution in [-0.2, 0) is 4.74 Å². The summed E-state index contributed by atoms with van der Waals surface area (Å²) in [5.41, 5.74) is 9.71. The Morgan fingerprint density at radius 1 is 1.41 bits per heavy atom. The topological polar surface area (TPSA) is 111 Å². The quantitative estimate of drug-likeness (QED) is 0.434. The first-order valence-electron chi connectivity index (χ1n) is 7.10. The number of hydrogen-bond acceptors (Lipinski definition) is 6. The number of nitrogens with one attached hydrogen (secondary N) is 2. The normalized spacial score (nSPS) is 16.2. The van der Waals surface area contributed by atoms with Gasteiger partial charge in [-0.3, -0.25) is 10.8 Å². The molecule has 4 N–H and O–H groups in total. The summed E-state index contributed by atoms with van der Waals surface area (Å²) in [4.78, 5) is 2.32. The Labute approximate surface area is 129 Å². The SMILES string of the molecule is COC1CCN(c2ccc(N/N=C(\C#N)C(=N)N)cc2)CC1. The van der Waals surface area contributed by atoms with Gasteiger partial charge in [0.25, 0.3) is 0 Å². The van der Waals surface area contributed by atoms with Crippen LogP contribution in [0.15, 0.2) is 29.4 Å². The molecule has 0 atom stereocenters. The van der Waals surface area contributed by atoms with Gasteiger partial charge in [-0.05, 0) is 37.1 Å². The predicted octanol–water partition coefficient (Wildman–Crippen LogP) is 1.53. The second-order valence-corrected chi connectivity index (χ2v) is 5.07. The van der Waals surface area contributed by atoms with Crippen molar-refractivity contribution in [1.82, 2.24) is 0 Å². The van der Waals surface area contributed by atoms with Gasteiger partial charge in [0.2, 0.25) is 5.71 Å². The lowest BCUT2D eigenvalue weighted by atomic mass is 10.1. The van der Waals surface area contributed by atoms with Crippen molar-refractivity contribution in [2.45, 2.75) is 18.9 Å². The van der Waals surface area contributed by atoms with E-state index in [1.165, 1.54) is 0 Å². The Morgan fingerprint density at radius 2 is 2.05 bits per heavy atom. The lowest BCUT2D eigenvalue weighted by Crippen LogP contribution is -2.36. The van der Waals surface area contributed by atoms with Gasteiger partial charge in [-0.25, -0.2) is 0 Å². The van der Waals surface area contributed by atoms with Gasteiger partial charge in [-0.15, -0.1) is 0 Å². The summed E-state index contributed by atoms with van der Waals surface area (Å²) < 4.78 is 5.37. The summed E-state index contributed by atoms with van der Waals surface area (Å²) in [5.74, 6) is -0.354. The van der Waals surface area contributed by atoms with Crippen LogP contribution >= 0.6 is 0 Å². The van der Waals surface area contributed by atoms with Crippen LogP contribution in [-0.4, -0.2) is 37.9 Å². The van der Waals surface area contributed by atoms with Crippen LogP contribution in [0.4, 0.5) is 11.4 Å². The van der Waals surface area contributed by atoms with Crippen molar-refractivity contribution >= 4 is 22.9 Å². The Morgan fingerprint density at radius 3 is 2.55 bits per heavy atom. The molecule has 7 nitrogen and oxygen atoms in total. The molecule has 1 saturated heterocycles. The standard InChI is InChI=1S/C15H20N6O/c1-22-13-6-8-21(9-7-13)12-4-2-11(3-5-12)19-20-14(10-16)15(17)18/h2-5,13,19H,6-9H2,1H3,(H3,17,18)/b20-14+. The van der Waals surface area contributed by atoms with Crippen LogP contribution < -0.4 is 16.1 Å². The maximum Gasteiger partial charge on any atom is 0.201 e. The third-order valence-electron chi connectivity index (χ3n) is 3.67. The highest BCUT2D eigenvalue weighted by Crippen LogP contribution is 2.22. The zero-order valence-corrected chi connectivity index (χ0v) is 12.5. The number of piperidine rings is 1. The predicted molar refractivity (Wildman–Crippen MR) is 87.3 cm³/mol. The van der Waals surface area contributed by atoms with Crippen molar-refractivity contribution in [3.05, 3.63) is 24.3 Å². The Balaban J connectivity index is 1.96. The molecule has 0 unspecified atom stereocenters. The van der Waals surface area contributed by atoms with E-state index in [4.69, 9.17) is 21.1 Å². The average Bonchev–Trinajstić information content (AvgIpc) is 2.56. The number of nitrogens with zero attached hydrogens (tertiary/aromatic N) is 3. The minimum atomic E-state index is -0.354. The molecule has 1 aromatic rings. The molecule has 0 amide bonds. The first-order valence-corrected chi connectivity index (χ1v) is 7.10. The largest absolute Gasteiger partial charge is 0.382 e.